The van der Waals surface area contributed by atoms with Gasteiger partial charge in [0.05, 0.1) is 16.7 Å². The van der Waals surface area contributed by atoms with Crippen molar-refractivity contribution in [1.29, 1.82) is 0 Å². The monoisotopic (exact) mass is 671 g/mol. The normalized spacial score (nSPS) is 12.3. The lowest BCUT2D eigenvalue weighted by molar-refractivity contribution is 1.18. The molecule has 7 aromatic carbocycles. The van der Waals surface area contributed by atoms with Crippen molar-refractivity contribution >= 4 is 70.6 Å². The third-order valence-corrected chi connectivity index (χ3v) is 10.7. The van der Waals surface area contributed by atoms with Crippen molar-refractivity contribution in [3.05, 3.63) is 193 Å². The van der Waals surface area contributed by atoms with Gasteiger partial charge in [0.15, 0.2) is 5.84 Å². The Labute approximate surface area is 300 Å². The van der Waals surface area contributed by atoms with Gasteiger partial charge in [-0.15, -0.1) is 11.3 Å². The molecule has 0 spiro atoms. The number of thiophene rings is 1. The lowest BCUT2D eigenvalue weighted by atomic mass is 10.00. The van der Waals surface area contributed by atoms with Gasteiger partial charge in [-0.2, -0.15) is 0 Å². The second-order valence-electron chi connectivity index (χ2n) is 12.8. The van der Waals surface area contributed by atoms with Crippen LogP contribution in [0.15, 0.2) is 186 Å². The van der Waals surface area contributed by atoms with Gasteiger partial charge in [-0.25, -0.2) is 9.98 Å². The predicted molar refractivity (Wildman–Crippen MR) is 220 cm³/mol. The second-order valence-corrected chi connectivity index (χ2v) is 13.8. The summed E-state index contributed by atoms with van der Waals surface area (Å²) in [6.45, 7) is 6.45. The van der Waals surface area contributed by atoms with Crippen molar-refractivity contribution in [2.75, 3.05) is 0 Å². The SMILES string of the molecule is C=C(N=C(N=C(C)c1ccccc1)c1ccccc1)c1ccc2sc3ccc(-c4ccc5c(c4)c4ccccc4n5-c4ccccc4)cc3c2c1. The van der Waals surface area contributed by atoms with Crippen LogP contribution < -0.4 is 0 Å². The highest BCUT2D eigenvalue weighted by molar-refractivity contribution is 7.25. The maximum absolute atomic E-state index is 5.03. The summed E-state index contributed by atoms with van der Waals surface area (Å²) >= 11 is 1.82. The lowest BCUT2D eigenvalue weighted by Crippen LogP contribution is -2.04. The van der Waals surface area contributed by atoms with Crippen LogP contribution in [-0.2, 0) is 0 Å². The Morgan fingerprint density at radius 2 is 1.06 bits per heavy atom. The van der Waals surface area contributed by atoms with E-state index in [1.807, 2.05) is 66.8 Å². The highest BCUT2D eigenvalue weighted by atomic mass is 32.1. The van der Waals surface area contributed by atoms with E-state index in [4.69, 9.17) is 9.98 Å². The van der Waals surface area contributed by atoms with E-state index in [2.05, 4.69) is 132 Å². The molecular formula is C47H33N3S. The molecule has 0 saturated heterocycles. The largest absolute Gasteiger partial charge is 0.309 e. The maximum Gasteiger partial charge on any atom is 0.160 e. The first-order valence-electron chi connectivity index (χ1n) is 17.1. The van der Waals surface area contributed by atoms with Crippen molar-refractivity contribution in [3.63, 3.8) is 0 Å². The van der Waals surface area contributed by atoms with Gasteiger partial charge in [0.25, 0.3) is 0 Å². The van der Waals surface area contributed by atoms with Crippen LogP contribution in [0.2, 0.25) is 0 Å². The number of amidine groups is 1. The molecule has 51 heavy (non-hydrogen) atoms. The van der Waals surface area contributed by atoms with E-state index in [0.29, 0.717) is 11.5 Å². The van der Waals surface area contributed by atoms with Gasteiger partial charge in [-0.05, 0) is 78.2 Å². The standard InChI is InChI=1S/C47H33N3S/c1-31(33-14-6-3-7-15-33)48-47(34-16-8-4-9-17-34)49-32(2)35-23-26-45-41(28-35)42-30-37(24-27-46(42)51-45)36-22-25-44-40(29-36)39-20-12-13-21-43(39)50(44)38-18-10-5-11-19-38/h3-30H,2H2,1H3. The Balaban J connectivity index is 1.12. The number of fused-ring (bicyclic) bond motifs is 6. The van der Waals surface area contributed by atoms with Crippen LogP contribution in [0, 0.1) is 0 Å². The molecule has 4 heteroatoms. The van der Waals surface area contributed by atoms with Crippen LogP contribution in [0.25, 0.3) is 64.5 Å². The number of rotatable bonds is 6. The van der Waals surface area contributed by atoms with Crippen molar-refractivity contribution < 1.29 is 0 Å². The molecule has 0 atom stereocenters. The Morgan fingerprint density at radius 3 is 1.80 bits per heavy atom. The van der Waals surface area contributed by atoms with Crippen LogP contribution in [0.4, 0.5) is 0 Å². The zero-order valence-electron chi connectivity index (χ0n) is 28.1. The van der Waals surface area contributed by atoms with Crippen molar-refractivity contribution in [3.8, 4) is 16.8 Å². The summed E-state index contributed by atoms with van der Waals surface area (Å²) in [7, 11) is 0. The van der Waals surface area contributed by atoms with Gasteiger partial charge in [-0.3, -0.25) is 0 Å². The third-order valence-electron chi connectivity index (χ3n) is 9.56. The molecule has 0 radical (unpaired) electrons. The van der Waals surface area contributed by atoms with E-state index >= 15 is 0 Å². The van der Waals surface area contributed by atoms with Crippen LogP contribution >= 0.6 is 11.3 Å². The number of aromatic nitrogens is 1. The fourth-order valence-corrected chi connectivity index (χ4v) is 8.05. The van der Waals surface area contributed by atoms with Gasteiger partial charge < -0.3 is 4.57 Å². The molecule has 9 aromatic rings. The number of aliphatic imine (C=N–C) groups is 2. The lowest BCUT2D eigenvalue weighted by Gasteiger charge is -2.08. The molecule has 2 heterocycles. The first-order valence-corrected chi connectivity index (χ1v) is 17.9. The summed E-state index contributed by atoms with van der Waals surface area (Å²) < 4.78 is 4.86. The van der Waals surface area contributed by atoms with E-state index in [1.54, 1.807) is 0 Å². The molecule has 2 aromatic heterocycles. The minimum Gasteiger partial charge on any atom is -0.309 e. The van der Waals surface area contributed by atoms with E-state index in [-0.39, 0.29) is 0 Å². The van der Waals surface area contributed by atoms with Crippen LogP contribution in [0.5, 0.6) is 0 Å². The molecular weight excluding hydrogens is 639 g/mol. The van der Waals surface area contributed by atoms with Crippen molar-refractivity contribution in [2.24, 2.45) is 9.98 Å². The minimum absolute atomic E-state index is 0.642. The molecule has 0 aliphatic heterocycles. The zero-order valence-corrected chi connectivity index (χ0v) is 28.9. The average Bonchev–Trinajstić information content (AvgIpc) is 3.73. The van der Waals surface area contributed by atoms with E-state index in [0.717, 1.165) is 22.4 Å². The zero-order chi connectivity index (χ0) is 34.3. The second kappa shape index (κ2) is 12.8. The summed E-state index contributed by atoms with van der Waals surface area (Å²) in [5.41, 5.74) is 10.5. The molecule has 9 rings (SSSR count). The van der Waals surface area contributed by atoms with E-state index in [1.165, 1.54) is 58.8 Å². The third kappa shape index (κ3) is 5.66. The number of para-hydroxylation sites is 2. The van der Waals surface area contributed by atoms with Crippen LogP contribution in [0.3, 0.4) is 0 Å². The van der Waals surface area contributed by atoms with Crippen molar-refractivity contribution in [2.45, 2.75) is 6.92 Å². The summed E-state index contributed by atoms with van der Waals surface area (Å²) in [5, 5.41) is 4.94. The molecule has 0 unspecified atom stereocenters. The average molecular weight is 672 g/mol. The van der Waals surface area contributed by atoms with Gasteiger partial charge in [-0.1, -0.05) is 122 Å². The Bertz CT molecular complexity index is 2800. The number of hydrogen-bond donors (Lipinski definition) is 0. The fourth-order valence-electron chi connectivity index (χ4n) is 6.98. The van der Waals surface area contributed by atoms with E-state index < -0.39 is 0 Å². The Morgan fingerprint density at radius 1 is 0.490 bits per heavy atom. The van der Waals surface area contributed by atoms with Crippen LogP contribution in [0.1, 0.15) is 23.6 Å². The van der Waals surface area contributed by atoms with Gasteiger partial charge in [0.1, 0.15) is 0 Å². The first-order chi connectivity index (χ1) is 25.1. The molecule has 0 aliphatic carbocycles. The summed E-state index contributed by atoms with van der Waals surface area (Å²) in [5.74, 6) is 0.642. The molecule has 3 nitrogen and oxygen atoms in total. The highest BCUT2D eigenvalue weighted by Crippen LogP contribution is 2.39. The predicted octanol–water partition coefficient (Wildman–Crippen LogP) is 12.7. The molecule has 0 saturated carbocycles. The summed E-state index contributed by atoms with van der Waals surface area (Å²) in [4.78, 5) is 10.0. The molecule has 242 valence electrons. The first kappa shape index (κ1) is 30.7. The number of nitrogens with zero attached hydrogens (tertiary/aromatic N) is 3. The molecule has 0 fully saturated rings. The Hall–Kier alpha value is -6.36. The van der Waals surface area contributed by atoms with Gasteiger partial charge in [0, 0.05) is 53.5 Å². The minimum atomic E-state index is 0.642. The molecule has 0 aliphatic rings. The summed E-state index contributed by atoms with van der Waals surface area (Å²) in [6, 6.07) is 59.9. The van der Waals surface area contributed by atoms with Gasteiger partial charge >= 0.3 is 0 Å². The Kier molecular flexibility index (Phi) is 7.72. The topological polar surface area (TPSA) is 29.6 Å². The van der Waals surface area contributed by atoms with Gasteiger partial charge in [0.2, 0.25) is 0 Å². The molecule has 0 N–H and O–H groups in total. The van der Waals surface area contributed by atoms with E-state index in [9.17, 15) is 0 Å². The molecule has 0 bridgehead atoms. The smallest absolute Gasteiger partial charge is 0.160 e. The highest BCUT2D eigenvalue weighted by Gasteiger charge is 2.15. The quantitative estimate of drug-likeness (QED) is 0.124. The summed E-state index contributed by atoms with van der Waals surface area (Å²) in [6.07, 6.45) is 0. The maximum atomic E-state index is 5.03. The van der Waals surface area contributed by atoms with Crippen molar-refractivity contribution in [1.82, 2.24) is 4.57 Å². The van der Waals surface area contributed by atoms with Crippen LogP contribution in [-0.4, -0.2) is 16.1 Å². The number of hydrogen-bond acceptors (Lipinski definition) is 2. The number of benzene rings is 7. The molecule has 0 amide bonds. The fraction of sp³-hybridized carbons (Fsp3) is 0.0213.